The van der Waals surface area contributed by atoms with E-state index >= 15 is 0 Å². The first kappa shape index (κ1) is 36.3. The molecule has 0 aromatic rings. The predicted octanol–water partition coefficient (Wildman–Crippen LogP) is -0.00720. The van der Waals surface area contributed by atoms with Crippen LogP contribution in [0.1, 0.15) is 0 Å². The molecule has 0 aliphatic rings. The van der Waals surface area contributed by atoms with Crippen molar-refractivity contribution in [3.05, 3.63) is 0 Å². The van der Waals surface area contributed by atoms with Gasteiger partial charge in [-0.25, -0.2) is 0 Å². The van der Waals surface area contributed by atoms with Crippen LogP contribution >= 0.6 is 0 Å². The molecule has 0 heterocycles. The second kappa shape index (κ2) is 24.7. The molecule has 5 heteroatoms. The summed E-state index contributed by atoms with van der Waals surface area (Å²) in [4.78, 5) is 0. The van der Waals surface area contributed by atoms with E-state index in [1.54, 1.807) is 0 Å². The Bertz CT molecular complexity index is 4.85. The summed E-state index contributed by atoms with van der Waals surface area (Å²) in [6.07, 6.45) is 0. The quantitative estimate of drug-likeness (QED) is 0.399. The van der Waals surface area contributed by atoms with E-state index in [1.807, 2.05) is 0 Å². The maximum atomic E-state index is 0. The van der Waals surface area contributed by atoms with Gasteiger partial charge in [-0.1, -0.05) is 0 Å². The third-order valence-electron chi connectivity index (χ3n) is 0. The third-order valence-corrected chi connectivity index (χ3v) is 0. The van der Waals surface area contributed by atoms with Crippen molar-refractivity contribution in [1.82, 2.24) is 0 Å². The fraction of sp³-hybridized carbons (Fsp3) is 0. The molecule has 0 unspecified atom stereocenters. The molecule has 0 amide bonds. The fourth-order valence-corrected chi connectivity index (χ4v) is 0. The smallest absolute Gasteiger partial charge is 0 e. The molecule has 2 radical (unpaired) electrons. The van der Waals surface area contributed by atoms with Gasteiger partial charge in [0.25, 0.3) is 0 Å². The summed E-state index contributed by atoms with van der Waals surface area (Å²) in [6, 6.07) is 0. The Morgan fingerprint density at radius 2 is 0.400 bits per heavy atom. The minimum Gasteiger partial charge on any atom is -2.00 e. The van der Waals surface area contributed by atoms with Crippen LogP contribution in [-0.2, 0) is 40.5 Å². The van der Waals surface area contributed by atoms with E-state index < -0.39 is 0 Å². The van der Waals surface area contributed by atoms with Crippen molar-refractivity contribution < 1.29 is 88.1 Å². The van der Waals surface area contributed by atoms with Gasteiger partial charge in [0.05, 0.1) is 0 Å². The molecule has 0 aromatic carbocycles. The predicted molar refractivity (Wildman–Crippen MR) is 22.1 cm³/mol. The van der Waals surface area contributed by atoms with E-state index in [1.165, 1.54) is 0 Å². The van der Waals surface area contributed by atoms with Crippen LogP contribution in [0.2, 0.25) is 0 Å². The van der Waals surface area contributed by atoms with E-state index in [0.29, 0.717) is 0 Å². The Morgan fingerprint density at radius 1 is 0.400 bits per heavy atom. The van der Waals surface area contributed by atoms with Crippen molar-refractivity contribution >= 4 is 40.5 Å². The van der Waals surface area contributed by atoms with Gasteiger partial charge in [0.15, 0.2) is 0 Å². The van der Waals surface area contributed by atoms with Crippen LogP contribution in [0.5, 0.6) is 0 Å². The summed E-state index contributed by atoms with van der Waals surface area (Å²) in [6.45, 7) is 0. The molecule has 0 N–H and O–H groups in total. The van der Waals surface area contributed by atoms with Gasteiger partial charge in [0.1, 0.15) is 0 Å². The number of rotatable bonds is 0. The van der Waals surface area contributed by atoms with Crippen molar-refractivity contribution in [2.45, 2.75) is 0 Å². The second-order valence-electron chi connectivity index (χ2n) is 0. The molecule has 0 aliphatic carbocycles. The summed E-state index contributed by atoms with van der Waals surface area (Å²) < 4.78 is 0. The van der Waals surface area contributed by atoms with Crippen molar-refractivity contribution in [2.75, 3.05) is 0 Å². The number of hydrogen-bond acceptors (Lipinski definition) is 0. The van der Waals surface area contributed by atoms with E-state index in [9.17, 15) is 0 Å². The SMILES string of the molecule is [Ac].[Ac].[S-2].[S-2].[S-2]. The summed E-state index contributed by atoms with van der Waals surface area (Å²) in [5, 5.41) is 0. The van der Waals surface area contributed by atoms with Crippen molar-refractivity contribution in [3.63, 3.8) is 0 Å². The van der Waals surface area contributed by atoms with Crippen LogP contribution in [0.25, 0.3) is 0 Å². The van der Waals surface area contributed by atoms with Gasteiger partial charge in [-0.15, -0.1) is 0 Å². The molecule has 0 saturated carbocycles. The molecule has 0 nitrogen and oxygen atoms in total. The van der Waals surface area contributed by atoms with E-state index in [4.69, 9.17) is 0 Å². The maximum absolute atomic E-state index is 0. The van der Waals surface area contributed by atoms with Crippen LogP contribution in [0.3, 0.4) is 0 Å². The van der Waals surface area contributed by atoms with Gasteiger partial charge in [0, 0.05) is 88.1 Å². The first-order chi connectivity index (χ1) is 0. The van der Waals surface area contributed by atoms with E-state index in [0.717, 1.165) is 0 Å². The van der Waals surface area contributed by atoms with Crippen LogP contribution in [-0.4, -0.2) is 0 Å². The van der Waals surface area contributed by atoms with Crippen LogP contribution in [0.15, 0.2) is 0 Å². The number of hydrogen-bond donors (Lipinski definition) is 0. The molecule has 0 fully saturated rings. The molecule has 0 bridgehead atoms. The minimum absolute atomic E-state index is 0. The Kier molecular flexibility index (Phi) is 179. The summed E-state index contributed by atoms with van der Waals surface area (Å²) in [7, 11) is 0. The molecule has 0 aromatic heterocycles. The van der Waals surface area contributed by atoms with Crippen molar-refractivity contribution in [3.8, 4) is 0 Å². The minimum atomic E-state index is 0. The Morgan fingerprint density at radius 3 is 0.400 bits per heavy atom. The average Bonchev–Trinajstić information content (AvgIpc) is 0. The zero-order valence-corrected chi connectivity index (χ0v) is 14.3. The monoisotopic (exact) mass is 550 g/mol. The average molecular weight is 550 g/mol. The zero-order chi connectivity index (χ0) is 0. The molecule has 5 heavy (non-hydrogen) atoms. The molecule has 0 atom stereocenters. The molecule has 0 rings (SSSR count). The van der Waals surface area contributed by atoms with Gasteiger partial charge >= 0.3 is 0 Å². The normalized spacial score (nSPS) is 0. The molecule has 0 aliphatic heterocycles. The van der Waals surface area contributed by atoms with Crippen LogP contribution in [0.4, 0.5) is 0 Å². The fourth-order valence-electron chi connectivity index (χ4n) is 0. The summed E-state index contributed by atoms with van der Waals surface area (Å²) >= 11 is 0. The zero-order valence-electron chi connectivity index (χ0n) is 2.38. The molecular weight excluding hydrogens is 550 g/mol. The largest absolute Gasteiger partial charge is 2.00 e. The third kappa shape index (κ3) is 18.1. The second-order valence-corrected chi connectivity index (χ2v) is 0. The summed E-state index contributed by atoms with van der Waals surface area (Å²) in [5.41, 5.74) is 0. The molecule has 0 saturated heterocycles. The van der Waals surface area contributed by atoms with Crippen molar-refractivity contribution in [1.29, 1.82) is 0 Å². The van der Waals surface area contributed by atoms with Gasteiger partial charge in [0.2, 0.25) is 0 Å². The van der Waals surface area contributed by atoms with Crippen LogP contribution < -0.4 is 0 Å². The van der Waals surface area contributed by atoms with Crippen LogP contribution in [0, 0.1) is 88.1 Å². The Balaban J connectivity index is 0. The van der Waals surface area contributed by atoms with E-state index in [2.05, 4.69) is 0 Å². The van der Waals surface area contributed by atoms with Gasteiger partial charge in [-0.2, -0.15) is 0 Å². The maximum Gasteiger partial charge on any atom is 0 e. The standard InChI is InChI=1S/2Ac.3S/q;;3*-2. The summed E-state index contributed by atoms with van der Waals surface area (Å²) in [5.74, 6) is 0. The van der Waals surface area contributed by atoms with E-state index in [-0.39, 0.29) is 129 Å². The first-order valence-electron chi connectivity index (χ1n) is 0. The van der Waals surface area contributed by atoms with Gasteiger partial charge in [-0.05, 0) is 0 Å². The Hall–Kier alpha value is 3.93. The topological polar surface area (TPSA) is 0 Å². The van der Waals surface area contributed by atoms with Gasteiger partial charge in [-0.3, -0.25) is 0 Å². The van der Waals surface area contributed by atoms with Crippen molar-refractivity contribution in [2.24, 2.45) is 0 Å². The Labute approximate surface area is 125 Å². The molecule has 30 valence electrons. The molecule has 0 spiro atoms. The first-order valence-corrected chi connectivity index (χ1v) is 0. The van der Waals surface area contributed by atoms with Gasteiger partial charge < -0.3 is 40.5 Å². The molecular formula is Ac2S3-6.